The maximum Gasteiger partial charge on any atom is 0.431 e. The highest BCUT2D eigenvalue weighted by Crippen LogP contribution is 2.31. The van der Waals surface area contributed by atoms with E-state index >= 15 is 0 Å². The summed E-state index contributed by atoms with van der Waals surface area (Å²) in [5.74, 6) is 0. The average Bonchev–Trinajstić information content (AvgIpc) is 3.02. The van der Waals surface area contributed by atoms with Gasteiger partial charge >= 0.3 is 6.18 Å². The van der Waals surface area contributed by atoms with Crippen molar-refractivity contribution in [3.8, 4) is 0 Å². The van der Waals surface area contributed by atoms with Gasteiger partial charge in [0, 0.05) is 37.0 Å². The number of ether oxygens (including phenoxy) is 1. The van der Waals surface area contributed by atoms with Gasteiger partial charge in [-0.15, -0.1) is 0 Å². The van der Waals surface area contributed by atoms with Gasteiger partial charge in [-0.05, 0) is 25.1 Å². The van der Waals surface area contributed by atoms with Gasteiger partial charge in [0.05, 0.1) is 17.0 Å². The van der Waals surface area contributed by atoms with Crippen molar-refractivity contribution in [2.24, 2.45) is 7.05 Å². The minimum absolute atomic E-state index is 0.195. The van der Waals surface area contributed by atoms with Crippen LogP contribution in [0.5, 0.6) is 0 Å². The van der Waals surface area contributed by atoms with Crippen molar-refractivity contribution in [1.29, 1.82) is 0 Å². The van der Waals surface area contributed by atoms with Crippen molar-refractivity contribution in [3.05, 3.63) is 51.3 Å². The van der Waals surface area contributed by atoms with Crippen LogP contribution in [0.2, 0.25) is 0 Å². The van der Waals surface area contributed by atoms with E-state index in [0.717, 1.165) is 9.44 Å². The minimum atomic E-state index is -4.60. The molecule has 5 nitrogen and oxygen atoms in total. The molecule has 3 aromatic rings. The summed E-state index contributed by atoms with van der Waals surface area (Å²) >= 11 is 1.39. The number of pyridine rings is 1. The normalized spacial score (nSPS) is 11.9. The summed E-state index contributed by atoms with van der Waals surface area (Å²) in [5.41, 5.74) is -0.907. The van der Waals surface area contributed by atoms with Gasteiger partial charge in [-0.3, -0.25) is 4.79 Å². The standard InChI is InChI=1S/C17H16F3N3O2S/c1-3-25-9-11-8-21-16(26-11)22-10-4-5-12-13(6-10)23(2)15(7-14(12)24)17(18,19)20/h4-8H,3,9H2,1-2H3,(H,21,22). The number of aromatic nitrogens is 2. The molecule has 0 aliphatic heterocycles. The Bertz CT molecular complexity index is 995. The lowest BCUT2D eigenvalue weighted by Crippen LogP contribution is -2.19. The molecule has 0 amide bonds. The molecule has 0 atom stereocenters. The Morgan fingerprint density at radius 3 is 2.77 bits per heavy atom. The van der Waals surface area contributed by atoms with Gasteiger partial charge in [0.15, 0.2) is 10.6 Å². The lowest BCUT2D eigenvalue weighted by Gasteiger charge is -2.15. The van der Waals surface area contributed by atoms with E-state index in [0.29, 0.717) is 30.1 Å². The molecule has 9 heteroatoms. The number of hydrogen-bond donors (Lipinski definition) is 1. The highest BCUT2D eigenvalue weighted by Gasteiger charge is 2.34. The van der Waals surface area contributed by atoms with E-state index in [1.807, 2.05) is 6.92 Å². The molecule has 138 valence electrons. The van der Waals surface area contributed by atoms with E-state index in [1.165, 1.54) is 30.5 Å². The van der Waals surface area contributed by atoms with Crippen LogP contribution in [0.25, 0.3) is 10.9 Å². The van der Waals surface area contributed by atoms with Crippen molar-refractivity contribution in [2.45, 2.75) is 19.7 Å². The topological polar surface area (TPSA) is 56.1 Å². The highest BCUT2D eigenvalue weighted by molar-refractivity contribution is 7.15. The van der Waals surface area contributed by atoms with Gasteiger partial charge < -0.3 is 14.6 Å². The SMILES string of the molecule is CCOCc1cnc(Nc2ccc3c(=O)cc(C(F)(F)F)n(C)c3c2)s1. The van der Waals surface area contributed by atoms with Crippen LogP contribution in [0.3, 0.4) is 0 Å². The van der Waals surface area contributed by atoms with E-state index in [2.05, 4.69) is 10.3 Å². The number of alkyl halides is 3. The second kappa shape index (κ2) is 7.08. The quantitative estimate of drug-likeness (QED) is 0.714. The Morgan fingerprint density at radius 2 is 2.08 bits per heavy atom. The number of rotatable bonds is 5. The van der Waals surface area contributed by atoms with Gasteiger partial charge in [0.2, 0.25) is 0 Å². The second-order valence-electron chi connectivity index (χ2n) is 5.58. The zero-order valence-electron chi connectivity index (χ0n) is 14.1. The number of anilines is 2. The molecule has 0 aliphatic rings. The Balaban J connectivity index is 1.97. The maximum atomic E-state index is 13.1. The molecule has 2 heterocycles. The Hall–Kier alpha value is -2.39. The minimum Gasteiger partial charge on any atom is -0.376 e. The summed E-state index contributed by atoms with van der Waals surface area (Å²) in [6.07, 6.45) is -2.92. The maximum absolute atomic E-state index is 13.1. The monoisotopic (exact) mass is 383 g/mol. The van der Waals surface area contributed by atoms with Crippen molar-refractivity contribution in [2.75, 3.05) is 11.9 Å². The molecular formula is C17H16F3N3O2S. The predicted molar refractivity (Wildman–Crippen MR) is 94.9 cm³/mol. The zero-order chi connectivity index (χ0) is 18.9. The molecule has 26 heavy (non-hydrogen) atoms. The highest BCUT2D eigenvalue weighted by atomic mass is 32.1. The molecule has 1 N–H and O–H groups in total. The first-order valence-corrected chi connectivity index (χ1v) is 8.61. The Kier molecular flexibility index (Phi) is 5.01. The van der Waals surface area contributed by atoms with Crippen LogP contribution >= 0.6 is 11.3 Å². The molecule has 0 bridgehead atoms. The molecule has 3 rings (SSSR count). The van der Waals surface area contributed by atoms with E-state index in [4.69, 9.17) is 4.74 Å². The van der Waals surface area contributed by atoms with E-state index in [-0.39, 0.29) is 10.9 Å². The molecule has 0 spiro atoms. The lowest BCUT2D eigenvalue weighted by atomic mass is 10.1. The summed E-state index contributed by atoms with van der Waals surface area (Å²) in [7, 11) is 1.29. The Morgan fingerprint density at radius 1 is 1.31 bits per heavy atom. The largest absolute Gasteiger partial charge is 0.431 e. The first kappa shape index (κ1) is 18.4. The van der Waals surface area contributed by atoms with Crippen molar-refractivity contribution in [3.63, 3.8) is 0 Å². The molecule has 0 saturated carbocycles. The third-order valence-corrected chi connectivity index (χ3v) is 4.68. The molecule has 2 aromatic heterocycles. The molecule has 0 aliphatic carbocycles. The first-order chi connectivity index (χ1) is 12.3. The van der Waals surface area contributed by atoms with Gasteiger partial charge in [0.1, 0.15) is 5.69 Å². The second-order valence-corrected chi connectivity index (χ2v) is 6.69. The third kappa shape index (κ3) is 3.73. The first-order valence-electron chi connectivity index (χ1n) is 7.80. The number of halogens is 3. The predicted octanol–water partition coefficient (Wildman–Crippen LogP) is 4.29. The van der Waals surface area contributed by atoms with Crippen molar-refractivity contribution < 1.29 is 17.9 Å². The van der Waals surface area contributed by atoms with Gasteiger partial charge in [-0.1, -0.05) is 11.3 Å². The fourth-order valence-electron chi connectivity index (χ4n) is 2.55. The van der Waals surface area contributed by atoms with Crippen LogP contribution in [0.4, 0.5) is 24.0 Å². The number of hydrogen-bond acceptors (Lipinski definition) is 5. The molecule has 1 aromatic carbocycles. The summed E-state index contributed by atoms with van der Waals surface area (Å²) in [4.78, 5) is 17.2. The van der Waals surface area contributed by atoms with Crippen LogP contribution in [0, 0.1) is 0 Å². The summed E-state index contributed by atoms with van der Waals surface area (Å²) in [6, 6.07) is 5.28. The van der Waals surface area contributed by atoms with Crippen LogP contribution in [-0.2, 0) is 24.6 Å². The number of benzene rings is 1. The van der Waals surface area contributed by atoms with Crippen LogP contribution < -0.4 is 10.7 Å². The van der Waals surface area contributed by atoms with E-state index in [9.17, 15) is 18.0 Å². The van der Waals surface area contributed by atoms with E-state index < -0.39 is 17.3 Å². The van der Waals surface area contributed by atoms with Gasteiger partial charge in [-0.25, -0.2) is 4.98 Å². The average molecular weight is 383 g/mol. The van der Waals surface area contributed by atoms with Crippen LogP contribution in [0.1, 0.15) is 17.5 Å². The molecule has 0 radical (unpaired) electrons. The smallest absolute Gasteiger partial charge is 0.376 e. The summed E-state index contributed by atoms with van der Waals surface area (Å²) < 4.78 is 45.6. The summed E-state index contributed by atoms with van der Waals surface area (Å²) in [5, 5.41) is 3.87. The van der Waals surface area contributed by atoms with Gasteiger partial charge in [-0.2, -0.15) is 13.2 Å². The summed E-state index contributed by atoms with van der Waals surface area (Å²) in [6.45, 7) is 2.95. The molecular weight excluding hydrogens is 367 g/mol. The Labute approximate surface area is 151 Å². The molecule has 0 fully saturated rings. The zero-order valence-corrected chi connectivity index (χ0v) is 14.9. The number of nitrogens with one attached hydrogen (secondary N) is 1. The fraction of sp³-hybridized carbons (Fsp3) is 0.294. The number of nitrogens with zero attached hydrogens (tertiary/aromatic N) is 2. The molecule has 0 unspecified atom stereocenters. The van der Waals surface area contributed by atoms with Crippen molar-refractivity contribution >= 4 is 33.1 Å². The van der Waals surface area contributed by atoms with Crippen LogP contribution in [0.15, 0.2) is 35.3 Å². The van der Waals surface area contributed by atoms with E-state index in [1.54, 1.807) is 12.3 Å². The van der Waals surface area contributed by atoms with Crippen LogP contribution in [-0.4, -0.2) is 16.2 Å². The van der Waals surface area contributed by atoms with Gasteiger partial charge in [0.25, 0.3) is 0 Å². The number of aryl methyl sites for hydroxylation is 1. The van der Waals surface area contributed by atoms with Crippen molar-refractivity contribution in [1.82, 2.24) is 9.55 Å². The lowest BCUT2D eigenvalue weighted by molar-refractivity contribution is -0.143. The fourth-order valence-corrected chi connectivity index (χ4v) is 3.32. The third-order valence-electron chi connectivity index (χ3n) is 3.80. The number of thiazole rings is 1. The number of fused-ring (bicyclic) bond motifs is 1. The molecule has 0 saturated heterocycles.